The predicted octanol–water partition coefficient (Wildman–Crippen LogP) is 4.07. The van der Waals surface area contributed by atoms with E-state index in [1.54, 1.807) is 6.07 Å². The van der Waals surface area contributed by atoms with E-state index in [-0.39, 0.29) is 11.9 Å². The first-order valence-electron chi connectivity index (χ1n) is 6.61. The molecule has 1 fully saturated rings. The molecule has 2 N–H and O–H groups in total. The quantitative estimate of drug-likeness (QED) is 0.868. The normalized spacial score (nSPS) is 18.6. The van der Waals surface area contributed by atoms with Crippen molar-refractivity contribution in [2.45, 2.75) is 38.6 Å². The van der Waals surface area contributed by atoms with Gasteiger partial charge in [-0.1, -0.05) is 12.8 Å². The van der Waals surface area contributed by atoms with Crippen LogP contribution in [0.1, 0.15) is 43.0 Å². The van der Waals surface area contributed by atoms with Crippen LogP contribution < -0.4 is 5.73 Å². The Balaban J connectivity index is 2.03. The monoisotopic (exact) mass is 247 g/mol. The summed E-state index contributed by atoms with van der Waals surface area (Å²) in [5.74, 6) is 1.08. The maximum absolute atomic E-state index is 13.2. The van der Waals surface area contributed by atoms with E-state index in [2.05, 4.69) is 0 Å². The van der Waals surface area contributed by atoms with Crippen LogP contribution in [0.25, 0.3) is 11.0 Å². The minimum Gasteiger partial charge on any atom is -0.459 e. The SMILES string of the molecule is Cc1c(C(N)C2CCCC2)oc2cc(F)ccc12. The molecule has 2 nitrogen and oxygen atoms in total. The molecule has 3 rings (SSSR count). The van der Waals surface area contributed by atoms with E-state index in [0.29, 0.717) is 11.5 Å². The van der Waals surface area contributed by atoms with Gasteiger partial charge in [-0.3, -0.25) is 0 Å². The fraction of sp³-hybridized carbons (Fsp3) is 0.467. The first kappa shape index (κ1) is 11.7. The van der Waals surface area contributed by atoms with Gasteiger partial charge in [0.2, 0.25) is 0 Å². The first-order valence-corrected chi connectivity index (χ1v) is 6.61. The maximum Gasteiger partial charge on any atom is 0.137 e. The van der Waals surface area contributed by atoms with E-state index in [9.17, 15) is 4.39 Å². The fourth-order valence-electron chi connectivity index (χ4n) is 3.07. The lowest BCUT2D eigenvalue weighted by Crippen LogP contribution is -2.19. The molecular weight excluding hydrogens is 229 g/mol. The summed E-state index contributed by atoms with van der Waals surface area (Å²) in [6, 6.07) is 4.63. The van der Waals surface area contributed by atoms with Crippen LogP contribution in [0.3, 0.4) is 0 Å². The van der Waals surface area contributed by atoms with Gasteiger partial charge in [0.15, 0.2) is 0 Å². The second kappa shape index (κ2) is 4.39. The van der Waals surface area contributed by atoms with E-state index in [1.165, 1.54) is 37.8 Å². The van der Waals surface area contributed by atoms with Crippen LogP contribution >= 0.6 is 0 Å². The van der Waals surface area contributed by atoms with Crippen LogP contribution in [0.5, 0.6) is 0 Å². The van der Waals surface area contributed by atoms with Crippen LogP contribution in [0.15, 0.2) is 22.6 Å². The molecule has 96 valence electrons. The Hall–Kier alpha value is -1.35. The van der Waals surface area contributed by atoms with Crippen LogP contribution in [-0.2, 0) is 0 Å². The summed E-state index contributed by atoms with van der Waals surface area (Å²) in [4.78, 5) is 0. The van der Waals surface area contributed by atoms with Crippen LogP contribution in [0.4, 0.5) is 4.39 Å². The minimum absolute atomic E-state index is 0.0528. The Morgan fingerprint density at radius 3 is 2.78 bits per heavy atom. The number of rotatable bonds is 2. The Morgan fingerprint density at radius 1 is 1.33 bits per heavy atom. The minimum atomic E-state index is -0.266. The molecule has 1 saturated carbocycles. The number of aryl methyl sites for hydroxylation is 1. The molecule has 0 bridgehead atoms. The molecule has 2 aromatic rings. The number of halogens is 1. The van der Waals surface area contributed by atoms with Gasteiger partial charge in [0, 0.05) is 11.5 Å². The van der Waals surface area contributed by atoms with Crippen molar-refractivity contribution in [1.82, 2.24) is 0 Å². The topological polar surface area (TPSA) is 39.2 Å². The van der Waals surface area contributed by atoms with Gasteiger partial charge in [0.1, 0.15) is 17.2 Å². The largest absolute Gasteiger partial charge is 0.459 e. The summed E-state index contributed by atoms with van der Waals surface area (Å²) in [5, 5.41) is 0.972. The highest BCUT2D eigenvalue weighted by atomic mass is 19.1. The van der Waals surface area contributed by atoms with Crippen LogP contribution in [-0.4, -0.2) is 0 Å². The zero-order valence-electron chi connectivity index (χ0n) is 10.6. The zero-order chi connectivity index (χ0) is 12.7. The van der Waals surface area contributed by atoms with Crippen molar-refractivity contribution in [2.75, 3.05) is 0 Å². The van der Waals surface area contributed by atoms with E-state index < -0.39 is 0 Å². The van der Waals surface area contributed by atoms with Crippen molar-refractivity contribution < 1.29 is 8.81 Å². The highest BCUT2D eigenvalue weighted by Gasteiger charge is 2.27. The summed E-state index contributed by atoms with van der Waals surface area (Å²) in [6.45, 7) is 2.01. The lowest BCUT2D eigenvalue weighted by atomic mass is 9.94. The molecule has 1 aromatic carbocycles. The van der Waals surface area contributed by atoms with Crippen molar-refractivity contribution in [2.24, 2.45) is 11.7 Å². The average Bonchev–Trinajstić information content (AvgIpc) is 2.97. The molecule has 0 saturated heterocycles. The summed E-state index contributed by atoms with van der Waals surface area (Å²) in [5.41, 5.74) is 7.98. The third-order valence-electron chi connectivity index (χ3n) is 4.15. The Morgan fingerprint density at radius 2 is 2.06 bits per heavy atom. The molecule has 1 atom stereocenters. The smallest absolute Gasteiger partial charge is 0.137 e. The van der Waals surface area contributed by atoms with Gasteiger partial charge in [0.25, 0.3) is 0 Å². The molecule has 0 spiro atoms. The number of nitrogens with two attached hydrogens (primary N) is 1. The lowest BCUT2D eigenvalue weighted by molar-refractivity contribution is 0.377. The maximum atomic E-state index is 13.2. The van der Waals surface area contributed by atoms with Crippen LogP contribution in [0, 0.1) is 18.7 Å². The highest BCUT2D eigenvalue weighted by molar-refractivity contribution is 5.82. The molecule has 0 radical (unpaired) electrons. The second-order valence-electron chi connectivity index (χ2n) is 5.30. The highest BCUT2D eigenvalue weighted by Crippen LogP contribution is 2.38. The Kier molecular flexibility index (Phi) is 2.86. The van der Waals surface area contributed by atoms with E-state index in [4.69, 9.17) is 10.2 Å². The molecule has 1 heterocycles. The molecule has 1 aliphatic carbocycles. The molecular formula is C15H18FNO. The van der Waals surface area contributed by atoms with E-state index in [1.807, 2.05) is 6.92 Å². The van der Waals surface area contributed by atoms with Crippen molar-refractivity contribution in [3.05, 3.63) is 35.3 Å². The third-order valence-corrected chi connectivity index (χ3v) is 4.15. The average molecular weight is 247 g/mol. The van der Waals surface area contributed by atoms with Gasteiger partial charge in [0.05, 0.1) is 6.04 Å². The fourth-order valence-corrected chi connectivity index (χ4v) is 3.07. The molecule has 1 aromatic heterocycles. The summed E-state index contributed by atoms with van der Waals surface area (Å²) >= 11 is 0. The van der Waals surface area contributed by atoms with Gasteiger partial charge in [-0.25, -0.2) is 4.39 Å². The number of benzene rings is 1. The van der Waals surface area contributed by atoms with Gasteiger partial charge in [-0.2, -0.15) is 0 Å². The van der Waals surface area contributed by atoms with Crippen molar-refractivity contribution in [1.29, 1.82) is 0 Å². The van der Waals surface area contributed by atoms with Gasteiger partial charge in [-0.15, -0.1) is 0 Å². The summed E-state index contributed by atoms with van der Waals surface area (Å²) in [7, 11) is 0. The molecule has 0 aliphatic heterocycles. The van der Waals surface area contributed by atoms with Crippen LogP contribution in [0.2, 0.25) is 0 Å². The Labute approximate surface area is 106 Å². The van der Waals surface area contributed by atoms with Gasteiger partial charge in [-0.05, 0) is 43.4 Å². The second-order valence-corrected chi connectivity index (χ2v) is 5.30. The summed E-state index contributed by atoms with van der Waals surface area (Å²) in [6.07, 6.45) is 4.86. The predicted molar refractivity (Wildman–Crippen MR) is 69.8 cm³/mol. The van der Waals surface area contributed by atoms with Gasteiger partial charge < -0.3 is 10.2 Å². The number of hydrogen-bond donors (Lipinski definition) is 1. The lowest BCUT2D eigenvalue weighted by Gasteiger charge is -2.17. The molecule has 3 heteroatoms. The summed E-state index contributed by atoms with van der Waals surface area (Å²) < 4.78 is 19.0. The van der Waals surface area contributed by atoms with Crippen molar-refractivity contribution >= 4 is 11.0 Å². The number of fused-ring (bicyclic) bond motifs is 1. The number of hydrogen-bond acceptors (Lipinski definition) is 2. The Bertz CT molecular complexity index is 569. The molecule has 18 heavy (non-hydrogen) atoms. The van der Waals surface area contributed by atoms with E-state index in [0.717, 1.165) is 16.7 Å². The zero-order valence-corrected chi connectivity index (χ0v) is 10.6. The number of furan rings is 1. The molecule has 1 unspecified atom stereocenters. The standard InChI is InChI=1S/C15H18FNO/c1-9-12-7-6-11(16)8-13(12)18-15(9)14(17)10-4-2-3-5-10/h6-8,10,14H,2-5,17H2,1H3. The molecule has 0 amide bonds. The third kappa shape index (κ3) is 1.83. The van der Waals surface area contributed by atoms with E-state index >= 15 is 0 Å². The van der Waals surface area contributed by atoms with Crippen molar-refractivity contribution in [3.63, 3.8) is 0 Å². The first-order chi connectivity index (χ1) is 8.66. The van der Waals surface area contributed by atoms with Crippen molar-refractivity contribution in [3.8, 4) is 0 Å². The molecule has 1 aliphatic rings. The van der Waals surface area contributed by atoms with Gasteiger partial charge >= 0.3 is 0 Å².